The molecule has 47 heavy (non-hydrogen) atoms. The molecule has 2 aromatic heterocycles. The molecular formula is C37H44N6O3S. The minimum absolute atomic E-state index is 0.0595. The second kappa shape index (κ2) is 13.0. The Kier molecular flexibility index (Phi) is 8.41. The molecule has 3 aromatic rings. The number of aryl methyl sites for hydroxylation is 2. The van der Waals surface area contributed by atoms with Gasteiger partial charge in [-0.05, 0) is 92.5 Å². The molecule has 5 aliphatic rings. The molecule has 6 heterocycles. The van der Waals surface area contributed by atoms with Crippen LogP contribution in [0, 0.1) is 6.92 Å². The van der Waals surface area contributed by atoms with Crippen molar-refractivity contribution in [1.29, 1.82) is 0 Å². The minimum atomic E-state index is -0.157. The van der Waals surface area contributed by atoms with E-state index in [1.807, 2.05) is 31.2 Å². The number of morpholine rings is 1. The van der Waals surface area contributed by atoms with Gasteiger partial charge in [-0.1, -0.05) is 12.1 Å². The number of piperidine rings is 1. The number of ether oxygens (including phenoxy) is 1. The fourth-order valence-electron chi connectivity index (χ4n) is 7.78. The number of nitrogens with zero attached hydrogens (tertiary/aromatic N) is 3. The quantitative estimate of drug-likeness (QED) is 0.288. The zero-order valence-corrected chi connectivity index (χ0v) is 28.0. The van der Waals surface area contributed by atoms with E-state index in [4.69, 9.17) is 4.74 Å². The van der Waals surface area contributed by atoms with Crippen molar-refractivity contribution < 1.29 is 9.53 Å². The molecule has 0 bridgehead atoms. The number of anilines is 2. The van der Waals surface area contributed by atoms with Gasteiger partial charge in [0.15, 0.2) is 0 Å². The maximum Gasteiger partial charge on any atom is 0.271 e. The number of amides is 1. The first kappa shape index (κ1) is 30.5. The lowest BCUT2D eigenvalue weighted by atomic mass is 9.99. The third kappa shape index (κ3) is 6.38. The molecule has 8 rings (SSSR count). The van der Waals surface area contributed by atoms with Crippen LogP contribution in [0.2, 0.25) is 0 Å². The minimum Gasteiger partial charge on any atom is -0.379 e. The molecule has 9 nitrogen and oxygen atoms in total. The van der Waals surface area contributed by atoms with Crippen molar-refractivity contribution in [3.05, 3.63) is 91.4 Å². The van der Waals surface area contributed by atoms with Crippen molar-refractivity contribution in [2.45, 2.75) is 64.0 Å². The Balaban J connectivity index is 0.966. The number of allylic oxidation sites excluding steroid dienone is 2. The summed E-state index contributed by atoms with van der Waals surface area (Å²) in [5, 5.41) is 6.63. The lowest BCUT2D eigenvalue weighted by Crippen LogP contribution is -2.48. The number of hydrogen-bond acceptors (Lipinski definition) is 8. The van der Waals surface area contributed by atoms with E-state index in [0.717, 1.165) is 98.3 Å². The van der Waals surface area contributed by atoms with Crippen LogP contribution in [0.15, 0.2) is 65.0 Å². The van der Waals surface area contributed by atoms with Crippen molar-refractivity contribution in [3.63, 3.8) is 0 Å². The number of likely N-dealkylation sites (tertiary alicyclic amines) is 1. The van der Waals surface area contributed by atoms with Gasteiger partial charge < -0.3 is 30.2 Å². The average molecular weight is 653 g/mol. The lowest BCUT2D eigenvalue weighted by molar-refractivity contribution is 0.00320. The molecule has 1 aliphatic carbocycles. The normalized spacial score (nSPS) is 21.7. The average Bonchev–Trinajstić information content (AvgIpc) is 3.77. The summed E-state index contributed by atoms with van der Waals surface area (Å²) in [7, 11) is 0. The van der Waals surface area contributed by atoms with Crippen LogP contribution in [0.4, 0.5) is 11.4 Å². The van der Waals surface area contributed by atoms with Gasteiger partial charge in [-0.2, -0.15) is 0 Å². The van der Waals surface area contributed by atoms with E-state index in [9.17, 15) is 9.59 Å². The monoisotopic (exact) mass is 652 g/mol. The van der Waals surface area contributed by atoms with Crippen LogP contribution in [0.5, 0.6) is 0 Å². The predicted molar refractivity (Wildman–Crippen MR) is 188 cm³/mol. The molecule has 3 N–H and O–H groups in total. The second-order valence-electron chi connectivity index (χ2n) is 13.5. The Morgan fingerprint density at radius 3 is 2.66 bits per heavy atom. The molecule has 4 aliphatic heterocycles. The van der Waals surface area contributed by atoms with Crippen LogP contribution in [0.3, 0.4) is 0 Å². The van der Waals surface area contributed by atoms with Gasteiger partial charge in [0.2, 0.25) is 0 Å². The standard InChI is InChI=1S/C37H44N6O3S/c1-24-30(6-4-7-31(24)40-37(45)34-20-25-5-2-3-8-33(25)47-34)26-19-32(36(44)38-22-26)39-35-10-9-28(21-29-23-43(29)35)41-13-11-27(12-14-41)42-15-17-46-18-16-42/h4,6-7,9-10,19-20,22,27,29,39H,2-3,5,8,11-18,21,23H2,1H3,(H,38,44)(H,40,45). The van der Waals surface area contributed by atoms with E-state index in [2.05, 4.69) is 48.5 Å². The van der Waals surface area contributed by atoms with E-state index in [1.54, 1.807) is 17.5 Å². The summed E-state index contributed by atoms with van der Waals surface area (Å²) >= 11 is 1.63. The molecule has 1 atom stereocenters. The lowest BCUT2D eigenvalue weighted by Gasteiger charge is -2.41. The van der Waals surface area contributed by atoms with Gasteiger partial charge in [0.05, 0.1) is 24.1 Å². The van der Waals surface area contributed by atoms with Crippen LogP contribution < -0.4 is 16.2 Å². The van der Waals surface area contributed by atoms with Gasteiger partial charge in [0.25, 0.3) is 11.5 Å². The highest BCUT2D eigenvalue weighted by Crippen LogP contribution is 2.36. The number of carbonyl (C=O) groups is 1. The number of fused-ring (bicyclic) bond motifs is 2. The van der Waals surface area contributed by atoms with Gasteiger partial charge in [0, 0.05) is 73.2 Å². The number of rotatable bonds is 7. The second-order valence-corrected chi connectivity index (χ2v) is 14.7. The maximum atomic E-state index is 13.2. The third-order valence-electron chi connectivity index (χ3n) is 10.6. The molecule has 1 amide bonds. The fourth-order valence-corrected chi connectivity index (χ4v) is 8.93. The molecule has 3 fully saturated rings. The summed E-state index contributed by atoms with van der Waals surface area (Å²) < 4.78 is 5.56. The van der Waals surface area contributed by atoms with Crippen molar-refractivity contribution in [2.24, 2.45) is 0 Å². The molecule has 3 saturated heterocycles. The maximum absolute atomic E-state index is 13.2. The summed E-state index contributed by atoms with van der Waals surface area (Å²) in [4.78, 5) is 38.9. The highest BCUT2D eigenvalue weighted by atomic mass is 32.1. The van der Waals surface area contributed by atoms with Gasteiger partial charge >= 0.3 is 0 Å². The smallest absolute Gasteiger partial charge is 0.271 e. The molecule has 0 spiro atoms. The Hall–Kier alpha value is -3.86. The Morgan fingerprint density at radius 1 is 1.00 bits per heavy atom. The summed E-state index contributed by atoms with van der Waals surface area (Å²) in [5.41, 5.74) is 6.69. The van der Waals surface area contributed by atoms with Crippen molar-refractivity contribution in [3.8, 4) is 11.1 Å². The van der Waals surface area contributed by atoms with Gasteiger partial charge in [-0.25, -0.2) is 0 Å². The highest BCUT2D eigenvalue weighted by molar-refractivity contribution is 7.14. The van der Waals surface area contributed by atoms with Crippen LogP contribution >= 0.6 is 11.3 Å². The van der Waals surface area contributed by atoms with Gasteiger partial charge in [0.1, 0.15) is 11.5 Å². The van der Waals surface area contributed by atoms with Crippen molar-refractivity contribution in [2.75, 3.05) is 56.6 Å². The molecule has 0 saturated carbocycles. The Bertz CT molecular complexity index is 1750. The number of aromatic amines is 1. The van der Waals surface area contributed by atoms with Crippen LogP contribution in [0.25, 0.3) is 11.1 Å². The first-order chi connectivity index (χ1) is 23.0. The van der Waals surface area contributed by atoms with E-state index >= 15 is 0 Å². The molecule has 10 heteroatoms. The fraction of sp³-hybridized carbons (Fsp3) is 0.459. The van der Waals surface area contributed by atoms with Gasteiger partial charge in [-0.3, -0.25) is 14.5 Å². The molecular weight excluding hydrogens is 609 g/mol. The number of carbonyl (C=O) groups excluding carboxylic acids is 1. The largest absolute Gasteiger partial charge is 0.379 e. The van der Waals surface area contributed by atoms with Gasteiger partial charge in [-0.15, -0.1) is 11.3 Å². The number of aromatic nitrogens is 1. The Morgan fingerprint density at radius 2 is 1.83 bits per heavy atom. The number of pyridine rings is 1. The number of nitrogens with one attached hydrogen (secondary N) is 3. The van der Waals surface area contributed by atoms with Crippen molar-refractivity contribution >= 4 is 28.6 Å². The van der Waals surface area contributed by atoms with Crippen LogP contribution in [0.1, 0.15) is 57.8 Å². The van der Waals surface area contributed by atoms with E-state index in [0.29, 0.717) is 17.8 Å². The van der Waals surface area contributed by atoms with E-state index < -0.39 is 0 Å². The SMILES string of the molecule is Cc1c(NC(=O)c2cc3c(s2)CCCC3)cccc1-c1c[nH]c(=O)c(NC2=CC=C(N3CCC(N4CCOCC4)CC3)CC3CN23)c1. The molecule has 246 valence electrons. The summed E-state index contributed by atoms with van der Waals surface area (Å²) in [6, 6.07) is 11.1. The third-order valence-corrected chi connectivity index (χ3v) is 11.9. The molecule has 1 aromatic carbocycles. The summed E-state index contributed by atoms with van der Waals surface area (Å²) in [6.07, 6.45) is 14.1. The summed E-state index contributed by atoms with van der Waals surface area (Å²) in [5.74, 6) is 0.906. The Labute approximate surface area is 280 Å². The zero-order valence-electron chi connectivity index (χ0n) is 27.1. The number of H-pyrrole nitrogens is 1. The molecule has 0 radical (unpaired) electrons. The number of benzene rings is 1. The molecule has 1 unspecified atom stereocenters. The van der Waals surface area contributed by atoms with Crippen LogP contribution in [-0.2, 0) is 17.6 Å². The number of hydrogen-bond donors (Lipinski definition) is 3. The van der Waals surface area contributed by atoms with Crippen molar-refractivity contribution in [1.82, 2.24) is 19.7 Å². The summed E-state index contributed by atoms with van der Waals surface area (Å²) in [6.45, 7) is 9.02. The highest BCUT2D eigenvalue weighted by Gasteiger charge is 2.39. The van der Waals surface area contributed by atoms with E-state index in [1.165, 1.54) is 41.8 Å². The van der Waals surface area contributed by atoms with E-state index in [-0.39, 0.29) is 11.5 Å². The predicted octanol–water partition coefficient (Wildman–Crippen LogP) is 5.56. The first-order valence-corrected chi connectivity index (χ1v) is 18.1. The number of thiophene rings is 1. The zero-order chi connectivity index (χ0) is 31.9. The first-order valence-electron chi connectivity index (χ1n) is 17.3. The van der Waals surface area contributed by atoms with Crippen LogP contribution in [-0.4, -0.2) is 83.6 Å². The topological polar surface area (TPSA) is 92.7 Å².